The van der Waals surface area contributed by atoms with E-state index >= 15 is 0 Å². The molecule has 2 amide bonds. The van der Waals surface area contributed by atoms with Gasteiger partial charge in [0, 0.05) is 12.7 Å². The Morgan fingerprint density at radius 1 is 1.44 bits per heavy atom. The summed E-state index contributed by atoms with van der Waals surface area (Å²) in [7, 11) is 1.56. The van der Waals surface area contributed by atoms with Gasteiger partial charge in [-0.05, 0) is 12.6 Å². The second-order valence-electron chi connectivity index (χ2n) is 3.46. The molecule has 0 aliphatic heterocycles. The van der Waals surface area contributed by atoms with Crippen molar-refractivity contribution in [2.45, 2.75) is 6.92 Å². The van der Waals surface area contributed by atoms with Crippen LogP contribution >= 0.6 is 0 Å². The van der Waals surface area contributed by atoms with E-state index < -0.39 is 0 Å². The van der Waals surface area contributed by atoms with Gasteiger partial charge in [0.15, 0.2) is 6.39 Å². The van der Waals surface area contributed by atoms with Crippen molar-refractivity contribution in [2.75, 3.05) is 12.4 Å². The Kier molecular flexibility index (Phi) is 6.03. The van der Waals surface area contributed by atoms with Gasteiger partial charge in [0.1, 0.15) is 0 Å². The Labute approximate surface area is 148 Å². The minimum absolute atomic E-state index is 0. The molecule has 88 valence electrons. The number of hydrogen-bond acceptors (Lipinski definition) is 3. The number of anilines is 1. The van der Waals surface area contributed by atoms with E-state index in [9.17, 15) is 4.79 Å². The molecule has 1 aromatic heterocycles. The van der Waals surface area contributed by atoms with E-state index in [1.807, 2.05) is 13.0 Å². The second kappa shape index (κ2) is 7.06. The molecule has 1 heterocycles. The fourth-order valence-electron chi connectivity index (χ4n) is 1.40. The van der Waals surface area contributed by atoms with Gasteiger partial charge in [-0.15, -0.1) is 29.8 Å². The largest absolute Gasteiger partial charge is 1.00 e. The van der Waals surface area contributed by atoms with E-state index in [4.69, 9.17) is 4.42 Å². The number of oxazole rings is 1. The Morgan fingerprint density at radius 2 is 2.22 bits per heavy atom. The van der Waals surface area contributed by atoms with Crippen molar-refractivity contribution >= 4 is 11.7 Å². The SMILES string of the molecule is CNC(=O)Nc1c[c-]c(-c2ocnc2C)cc1.[K+]. The van der Waals surface area contributed by atoms with Gasteiger partial charge in [0.2, 0.25) is 0 Å². The fourth-order valence-corrected chi connectivity index (χ4v) is 1.40. The van der Waals surface area contributed by atoms with Crippen molar-refractivity contribution in [1.82, 2.24) is 10.3 Å². The molecule has 0 atom stereocenters. The number of amides is 2. The second-order valence-corrected chi connectivity index (χ2v) is 3.46. The molecule has 0 spiro atoms. The van der Waals surface area contributed by atoms with Crippen molar-refractivity contribution < 1.29 is 60.6 Å². The average Bonchev–Trinajstić information content (AvgIpc) is 2.76. The molecular formula is C12H12KN3O2. The quantitative estimate of drug-likeness (QED) is 0.554. The third-order valence-electron chi connectivity index (χ3n) is 2.29. The third-order valence-corrected chi connectivity index (χ3v) is 2.29. The van der Waals surface area contributed by atoms with Gasteiger partial charge in [0.25, 0.3) is 0 Å². The fraction of sp³-hybridized carbons (Fsp3) is 0.167. The predicted molar refractivity (Wildman–Crippen MR) is 63.6 cm³/mol. The molecule has 0 saturated carbocycles. The van der Waals surface area contributed by atoms with Crippen LogP contribution in [0.4, 0.5) is 10.5 Å². The number of nitrogens with one attached hydrogen (secondary N) is 2. The van der Waals surface area contributed by atoms with Crippen molar-refractivity contribution in [3.05, 3.63) is 36.4 Å². The zero-order valence-corrected chi connectivity index (χ0v) is 13.7. The molecule has 6 heteroatoms. The summed E-state index contributed by atoms with van der Waals surface area (Å²) in [6.45, 7) is 1.86. The summed E-state index contributed by atoms with van der Waals surface area (Å²) in [5.74, 6) is 0.691. The van der Waals surface area contributed by atoms with E-state index in [1.54, 1.807) is 19.2 Å². The summed E-state index contributed by atoms with van der Waals surface area (Å²) in [5, 5.41) is 5.12. The smallest absolute Gasteiger partial charge is 0.490 e. The van der Waals surface area contributed by atoms with E-state index in [2.05, 4.69) is 21.7 Å². The Balaban J connectivity index is 0.00000162. The maximum Gasteiger partial charge on any atom is 1.00 e. The molecular weight excluding hydrogens is 257 g/mol. The van der Waals surface area contributed by atoms with Crippen molar-refractivity contribution in [1.29, 1.82) is 0 Å². The normalized spacial score (nSPS) is 9.44. The summed E-state index contributed by atoms with van der Waals surface area (Å²) >= 11 is 0. The molecule has 5 nitrogen and oxygen atoms in total. The summed E-state index contributed by atoms with van der Waals surface area (Å²) in [6, 6.07) is 8.06. The van der Waals surface area contributed by atoms with Crippen LogP contribution in [0.3, 0.4) is 0 Å². The van der Waals surface area contributed by atoms with Gasteiger partial charge in [-0.25, -0.2) is 9.78 Å². The van der Waals surface area contributed by atoms with Gasteiger partial charge >= 0.3 is 57.4 Å². The molecule has 0 fully saturated rings. The number of aryl methyl sites for hydroxylation is 1. The van der Waals surface area contributed by atoms with E-state index in [0.29, 0.717) is 11.4 Å². The minimum atomic E-state index is -0.262. The molecule has 2 rings (SSSR count). The first kappa shape index (κ1) is 15.4. The molecule has 0 bridgehead atoms. The monoisotopic (exact) mass is 269 g/mol. The van der Waals surface area contributed by atoms with Crippen LogP contribution in [-0.4, -0.2) is 18.1 Å². The molecule has 0 aliphatic carbocycles. The van der Waals surface area contributed by atoms with Crippen LogP contribution in [0.25, 0.3) is 11.3 Å². The van der Waals surface area contributed by atoms with Gasteiger partial charge in [-0.2, -0.15) is 0 Å². The number of urea groups is 1. The van der Waals surface area contributed by atoms with Crippen LogP contribution in [0.15, 0.2) is 29.0 Å². The first-order valence-electron chi connectivity index (χ1n) is 5.11. The first-order chi connectivity index (χ1) is 8.20. The molecule has 1 aromatic carbocycles. The first-order valence-corrected chi connectivity index (χ1v) is 5.11. The summed E-state index contributed by atoms with van der Waals surface area (Å²) < 4.78 is 5.25. The molecule has 0 radical (unpaired) electrons. The zero-order chi connectivity index (χ0) is 12.3. The maximum absolute atomic E-state index is 11.1. The van der Waals surface area contributed by atoms with Crippen molar-refractivity contribution in [3.8, 4) is 11.3 Å². The number of rotatable bonds is 2. The standard InChI is InChI=1S/C12H12N3O2.K/c1-8-11(17-7-14-8)9-3-5-10(6-4-9)15-12(16)13-2;/h3,5-7H,1-2H3,(H2,13,15,16);/q-1;+1. The van der Waals surface area contributed by atoms with Gasteiger partial charge < -0.3 is 15.1 Å². The van der Waals surface area contributed by atoms with Crippen LogP contribution in [-0.2, 0) is 0 Å². The van der Waals surface area contributed by atoms with Gasteiger partial charge in [0.05, 0.1) is 5.76 Å². The molecule has 0 saturated heterocycles. The number of aromatic nitrogens is 1. The van der Waals surface area contributed by atoms with E-state index in [-0.39, 0.29) is 57.4 Å². The number of hydrogen-bond donors (Lipinski definition) is 2. The molecule has 0 aliphatic rings. The van der Waals surface area contributed by atoms with Crippen LogP contribution in [0.1, 0.15) is 5.69 Å². The Hall–Kier alpha value is -0.664. The summed E-state index contributed by atoms with van der Waals surface area (Å²) in [5.41, 5.74) is 2.29. The van der Waals surface area contributed by atoms with Crippen LogP contribution in [0.5, 0.6) is 0 Å². The zero-order valence-electron chi connectivity index (χ0n) is 10.6. The topological polar surface area (TPSA) is 67.2 Å². The van der Waals surface area contributed by atoms with Gasteiger partial charge in [-0.3, -0.25) is 0 Å². The maximum atomic E-state index is 11.1. The summed E-state index contributed by atoms with van der Waals surface area (Å²) in [6.07, 6.45) is 1.40. The van der Waals surface area contributed by atoms with Crippen molar-refractivity contribution in [3.63, 3.8) is 0 Å². The van der Waals surface area contributed by atoms with Crippen LogP contribution in [0.2, 0.25) is 0 Å². The van der Waals surface area contributed by atoms with Crippen molar-refractivity contribution in [2.24, 2.45) is 0 Å². The Morgan fingerprint density at radius 3 is 2.72 bits per heavy atom. The minimum Gasteiger partial charge on any atom is -0.490 e. The van der Waals surface area contributed by atoms with E-state index in [0.717, 1.165) is 11.3 Å². The number of nitrogens with zero attached hydrogens (tertiary/aromatic N) is 1. The number of carbonyl (C=O) groups is 1. The number of benzene rings is 1. The van der Waals surface area contributed by atoms with Gasteiger partial charge in [-0.1, -0.05) is 0 Å². The van der Waals surface area contributed by atoms with Crippen LogP contribution in [0, 0.1) is 13.0 Å². The Bertz CT molecular complexity index is 522. The van der Waals surface area contributed by atoms with E-state index in [1.165, 1.54) is 6.39 Å². The average molecular weight is 269 g/mol. The molecule has 2 N–H and O–H groups in total. The molecule has 0 unspecified atom stereocenters. The molecule has 2 aromatic rings. The van der Waals surface area contributed by atoms with Crippen LogP contribution < -0.4 is 62.0 Å². The molecule has 18 heavy (non-hydrogen) atoms. The summed E-state index contributed by atoms with van der Waals surface area (Å²) in [4.78, 5) is 15.1. The predicted octanol–water partition coefficient (Wildman–Crippen LogP) is -0.794. The number of carbonyl (C=O) groups excluding carboxylic acids is 1. The third kappa shape index (κ3) is 3.66.